The number of aliphatic imine (C=N–C) groups is 1. The smallest absolute Gasteiger partial charge is 0.326 e. The number of aryl methyl sites for hydroxylation is 1. The standard InChI is InChI=1S/C24H28ClN5O9S2/c1-13(28-17(23(32)33)8-7-14-5-3-2-4-6-14)22(31)30-12-15(9-19(30)24(34)35)29-18-10-16(25)20(40(26,36)37)11-21(18)41(27,38)39/h2-6,10-11,13,17,19,28H,7-9,12H2,1H3,(H,32,33)(H,34,35)(H2,26,36,37)(H2,27,38,39)/t13-,17-,19-/m0/s1. The van der Waals surface area contributed by atoms with Gasteiger partial charge in [-0.05, 0) is 37.5 Å². The van der Waals surface area contributed by atoms with Crippen molar-refractivity contribution < 1.29 is 41.4 Å². The molecule has 1 aliphatic rings. The van der Waals surface area contributed by atoms with Gasteiger partial charge < -0.3 is 15.1 Å². The van der Waals surface area contributed by atoms with E-state index < -0.39 is 70.8 Å². The third-order valence-electron chi connectivity index (χ3n) is 6.32. The Bertz CT molecular complexity index is 1600. The van der Waals surface area contributed by atoms with Crippen LogP contribution in [0.1, 0.15) is 25.3 Å². The number of nitrogens with two attached hydrogens (primary N) is 2. The van der Waals surface area contributed by atoms with E-state index >= 15 is 0 Å². The van der Waals surface area contributed by atoms with Crippen molar-refractivity contribution in [3.05, 3.63) is 53.1 Å². The van der Waals surface area contributed by atoms with Crippen molar-refractivity contribution >= 4 is 60.9 Å². The van der Waals surface area contributed by atoms with Crippen molar-refractivity contribution in [2.45, 2.75) is 54.1 Å². The van der Waals surface area contributed by atoms with Gasteiger partial charge in [0.15, 0.2) is 0 Å². The van der Waals surface area contributed by atoms with Gasteiger partial charge in [0.1, 0.15) is 21.9 Å². The number of carboxylic acid groups (broad SMARTS) is 2. The van der Waals surface area contributed by atoms with E-state index in [1.54, 1.807) is 0 Å². The van der Waals surface area contributed by atoms with E-state index in [0.29, 0.717) is 12.5 Å². The molecule has 0 unspecified atom stereocenters. The number of benzene rings is 2. The molecule has 1 fully saturated rings. The highest BCUT2D eigenvalue weighted by Gasteiger charge is 2.40. The first kappa shape index (κ1) is 32.1. The average molecular weight is 630 g/mol. The van der Waals surface area contributed by atoms with Crippen LogP contribution in [0, 0.1) is 0 Å². The lowest BCUT2D eigenvalue weighted by Crippen LogP contribution is -2.53. The van der Waals surface area contributed by atoms with Crippen LogP contribution >= 0.6 is 11.6 Å². The van der Waals surface area contributed by atoms with Crippen LogP contribution in [-0.4, -0.2) is 80.2 Å². The van der Waals surface area contributed by atoms with Crippen LogP contribution in [0.2, 0.25) is 5.02 Å². The van der Waals surface area contributed by atoms with E-state index in [0.717, 1.165) is 16.5 Å². The summed E-state index contributed by atoms with van der Waals surface area (Å²) < 4.78 is 47.9. The quantitative estimate of drug-likeness (QED) is 0.230. The molecule has 0 aliphatic carbocycles. The number of rotatable bonds is 11. The minimum absolute atomic E-state index is 0.0566. The minimum Gasteiger partial charge on any atom is -0.480 e. The van der Waals surface area contributed by atoms with E-state index in [-0.39, 0.29) is 30.8 Å². The van der Waals surface area contributed by atoms with Crippen molar-refractivity contribution in [2.24, 2.45) is 15.3 Å². The third kappa shape index (κ3) is 8.08. The number of amides is 1. The summed E-state index contributed by atoms with van der Waals surface area (Å²) in [6.45, 7) is 1.06. The van der Waals surface area contributed by atoms with E-state index in [9.17, 15) is 41.4 Å². The van der Waals surface area contributed by atoms with Gasteiger partial charge in [-0.1, -0.05) is 41.9 Å². The molecule has 1 saturated heterocycles. The lowest BCUT2D eigenvalue weighted by atomic mass is 10.0. The molecule has 1 heterocycles. The molecule has 0 spiro atoms. The highest BCUT2D eigenvalue weighted by atomic mass is 35.5. The molecule has 0 aromatic heterocycles. The van der Waals surface area contributed by atoms with Gasteiger partial charge >= 0.3 is 11.9 Å². The number of halogens is 1. The number of carbonyl (C=O) groups is 3. The van der Waals surface area contributed by atoms with E-state index in [4.69, 9.17) is 21.9 Å². The molecular formula is C24H28ClN5O9S2. The van der Waals surface area contributed by atoms with Crippen molar-refractivity contribution in [1.82, 2.24) is 10.2 Å². The SMILES string of the molecule is C[C@H](N[C@@H](CCc1ccccc1)C(=O)O)C(=O)N1CC(=Nc2cc(Cl)c(S(N)(=O)=O)cc2S(N)(=O)=O)C[C@H]1C(=O)O. The van der Waals surface area contributed by atoms with Crippen LogP contribution in [0.5, 0.6) is 0 Å². The number of aliphatic carboxylic acids is 2. The van der Waals surface area contributed by atoms with Crippen molar-refractivity contribution in [3.8, 4) is 0 Å². The number of hydrogen-bond donors (Lipinski definition) is 5. The number of primary sulfonamides is 2. The maximum absolute atomic E-state index is 13.3. The van der Waals surface area contributed by atoms with Crippen LogP contribution in [0.25, 0.3) is 0 Å². The number of nitrogens with one attached hydrogen (secondary N) is 1. The van der Waals surface area contributed by atoms with E-state index in [2.05, 4.69) is 10.3 Å². The lowest BCUT2D eigenvalue weighted by Gasteiger charge is -2.26. The molecule has 0 saturated carbocycles. The van der Waals surface area contributed by atoms with Crippen LogP contribution in [0.15, 0.2) is 57.2 Å². The number of likely N-dealkylation sites (tertiary alicyclic amines) is 1. The zero-order valence-corrected chi connectivity index (χ0v) is 24.0. The molecule has 7 N–H and O–H groups in total. The molecular weight excluding hydrogens is 602 g/mol. The molecule has 2 aromatic rings. The molecule has 3 atom stereocenters. The number of carbonyl (C=O) groups excluding carboxylic acids is 1. The highest BCUT2D eigenvalue weighted by molar-refractivity contribution is 7.90. The van der Waals surface area contributed by atoms with Crippen LogP contribution in [0.3, 0.4) is 0 Å². The van der Waals surface area contributed by atoms with Gasteiger partial charge in [-0.3, -0.25) is 19.9 Å². The van der Waals surface area contributed by atoms with Crippen molar-refractivity contribution in [1.29, 1.82) is 0 Å². The summed E-state index contributed by atoms with van der Waals surface area (Å²) in [5.41, 5.74) is 0.583. The summed E-state index contributed by atoms with van der Waals surface area (Å²) in [6.07, 6.45) is 0.281. The second-order valence-electron chi connectivity index (χ2n) is 9.35. The van der Waals surface area contributed by atoms with Gasteiger partial charge in [-0.15, -0.1) is 0 Å². The molecule has 0 bridgehead atoms. The van der Waals surface area contributed by atoms with Crippen LogP contribution in [0.4, 0.5) is 5.69 Å². The Hall–Kier alpha value is -3.41. The van der Waals surface area contributed by atoms with Gasteiger partial charge in [0.05, 0.1) is 23.3 Å². The van der Waals surface area contributed by atoms with Crippen molar-refractivity contribution in [3.63, 3.8) is 0 Å². The second kappa shape index (κ2) is 12.6. The monoisotopic (exact) mass is 629 g/mol. The fourth-order valence-electron chi connectivity index (χ4n) is 4.32. The van der Waals surface area contributed by atoms with Gasteiger partial charge in [0, 0.05) is 12.1 Å². The summed E-state index contributed by atoms with van der Waals surface area (Å²) in [4.78, 5) is 40.8. The molecule has 0 radical (unpaired) electrons. The fourth-order valence-corrected chi connectivity index (χ4v) is 6.17. The predicted molar refractivity (Wildman–Crippen MR) is 148 cm³/mol. The molecule has 14 nitrogen and oxygen atoms in total. The maximum Gasteiger partial charge on any atom is 0.326 e. The summed E-state index contributed by atoms with van der Waals surface area (Å²) >= 11 is 5.98. The molecule has 17 heteroatoms. The normalized spacial score (nSPS) is 18.3. The molecule has 41 heavy (non-hydrogen) atoms. The Morgan fingerprint density at radius 1 is 1.07 bits per heavy atom. The Morgan fingerprint density at radius 2 is 1.68 bits per heavy atom. The van der Waals surface area contributed by atoms with Gasteiger partial charge in [-0.2, -0.15) is 0 Å². The molecule has 3 rings (SSSR count). The predicted octanol–water partition coefficient (Wildman–Crippen LogP) is 0.457. The Labute approximate surface area is 241 Å². The van der Waals surface area contributed by atoms with Crippen molar-refractivity contribution in [2.75, 3.05) is 6.54 Å². The maximum atomic E-state index is 13.3. The highest BCUT2D eigenvalue weighted by Crippen LogP contribution is 2.33. The van der Waals surface area contributed by atoms with Crippen LogP contribution in [-0.2, 0) is 40.9 Å². The van der Waals surface area contributed by atoms with E-state index in [1.165, 1.54) is 6.92 Å². The Balaban J connectivity index is 1.86. The topological polar surface area (TPSA) is 240 Å². The summed E-state index contributed by atoms with van der Waals surface area (Å²) in [5, 5.41) is 32.0. The summed E-state index contributed by atoms with van der Waals surface area (Å²) in [5.74, 6) is -3.28. The van der Waals surface area contributed by atoms with Gasteiger partial charge in [-0.25, -0.2) is 31.9 Å². The van der Waals surface area contributed by atoms with Crippen LogP contribution < -0.4 is 15.6 Å². The minimum atomic E-state index is -4.54. The number of hydrogen-bond acceptors (Lipinski definition) is 9. The number of carboxylic acids is 2. The average Bonchev–Trinajstić information content (AvgIpc) is 3.29. The lowest BCUT2D eigenvalue weighted by molar-refractivity contribution is -0.149. The molecule has 1 aliphatic heterocycles. The summed E-state index contributed by atoms with van der Waals surface area (Å²) in [6, 6.07) is 7.09. The fraction of sp³-hybridized carbons (Fsp3) is 0.333. The molecule has 1 amide bonds. The zero-order valence-electron chi connectivity index (χ0n) is 21.6. The first-order chi connectivity index (χ1) is 19.0. The summed E-state index contributed by atoms with van der Waals surface area (Å²) in [7, 11) is -8.97. The number of nitrogens with zero attached hydrogens (tertiary/aromatic N) is 2. The Kier molecular flexibility index (Phi) is 9.89. The van der Waals surface area contributed by atoms with Gasteiger partial charge in [0.25, 0.3) is 0 Å². The third-order valence-corrected chi connectivity index (χ3v) is 8.63. The first-order valence-corrected chi connectivity index (χ1v) is 15.5. The zero-order chi connectivity index (χ0) is 30.7. The second-order valence-corrected chi connectivity index (χ2v) is 12.8. The molecule has 222 valence electrons. The first-order valence-electron chi connectivity index (χ1n) is 12.0. The van der Waals surface area contributed by atoms with Gasteiger partial charge in [0.2, 0.25) is 26.0 Å². The largest absolute Gasteiger partial charge is 0.480 e. The molecule has 2 aromatic carbocycles. The Morgan fingerprint density at radius 3 is 2.22 bits per heavy atom. The van der Waals surface area contributed by atoms with E-state index in [1.807, 2.05) is 30.3 Å². The number of sulfonamides is 2.